The Labute approximate surface area is 116 Å². The molecule has 0 saturated heterocycles. The summed E-state index contributed by atoms with van der Waals surface area (Å²) in [6.45, 7) is 11.5. The molecule has 0 amide bonds. The predicted octanol–water partition coefficient (Wildman–Crippen LogP) is 4.13. The number of rotatable bonds is 3. The number of aryl methyl sites for hydroxylation is 2. The Kier molecular flexibility index (Phi) is 3.73. The third kappa shape index (κ3) is 3.09. The molecule has 0 atom stereocenters. The zero-order valence-electron chi connectivity index (χ0n) is 11.5. The highest BCUT2D eigenvalue weighted by molar-refractivity contribution is 7.12. The maximum Gasteiger partial charge on any atom is 0.202 e. The third-order valence-corrected chi connectivity index (χ3v) is 4.55. The second-order valence-corrected chi connectivity index (χ2v) is 7.57. The van der Waals surface area contributed by atoms with Gasteiger partial charge in [-0.3, -0.25) is 0 Å². The summed E-state index contributed by atoms with van der Waals surface area (Å²) in [6, 6.07) is 2.23. The molecule has 0 saturated carbocycles. The van der Waals surface area contributed by atoms with Crippen LogP contribution in [-0.2, 0) is 12.0 Å². The Hall–Kier alpha value is -0.940. The van der Waals surface area contributed by atoms with Gasteiger partial charge in [0.25, 0.3) is 0 Å². The molecule has 0 unspecified atom stereocenters. The first-order valence-corrected chi connectivity index (χ1v) is 7.59. The van der Waals surface area contributed by atoms with E-state index in [1.54, 1.807) is 0 Å². The molecule has 2 rings (SSSR count). The smallest absolute Gasteiger partial charge is 0.202 e. The minimum absolute atomic E-state index is 0.0204. The van der Waals surface area contributed by atoms with Crippen molar-refractivity contribution in [3.05, 3.63) is 27.2 Å². The molecule has 2 aromatic rings. The molecule has 18 heavy (non-hydrogen) atoms. The van der Waals surface area contributed by atoms with Crippen molar-refractivity contribution in [3.8, 4) is 0 Å². The summed E-state index contributed by atoms with van der Waals surface area (Å²) >= 11 is 3.28. The van der Waals surface area contributed by atoms with E-state index >= 15 is 0 Å². The summed E-state index contributed by atoms with van der Waals surface area (Å²) in [4.78, 5) is 7.26. The maximum absolute atomic E-state index is 4.53. The van der Waals surface area contributed by atoms with Crippen molar-refractivity contribution < 1.29 is 0 Å². The van der Waals surface area contributed by atoms with E-state index in [4.69, 9.17) is 0 Å². The molecule has 2 aromatic heterocycles. The molecular weight excluding hydrogens is 262 g/mol. The molecule has 0 spiro atoms. The van der Waals surface area contributed by atoms with Crippen molar-refractivity contribution in [1.29, 1.82) is 0 Å². The average Bonchev–Trinajstić information content (AvgIpc) is 2.83. The summed E-state index contributed by atoms with van der Waals surface area (Å²) in [5, 5.41) is 4.26. The van der Waals surface area contributed by atoms with E-state index in [1.807, 2.05) is 11.3 Å². The van der Waals surface area contributed by atoms with Crippen LogP contribution in [0.5, 0.6) is 0 Å². The topological polar surface area (TPSA) is 37.8 Å². The van der Waals surface area contributed by atoms with E-state index in [2.05, 4.69) is 55.4 Å². The van der Waals surface area contributed by atoms with E-state index in [0.29, 0.717) is 0 Å². The number of thiophene rings is 1. The Morgan fingerprint density at radius 2 is 2.00 bits per heavy atom. The maximum atomic E-state index is 4.53. The molecule has 1 N–H and O–H groups in total. The lowest BCUT2D eigenvalue weighted by Gasteiger charge is -2.12. The summed E-state index contributed by atoms with van der Waals surface area (Å²) in [5.74, 6) is 0.911. The first-order chi connectivity index (χ1) is 8.36. The van der Waals surface area contributed by atoms with Crippen LogP contribution in [0.1, 0.15) is 41.9 Å². The summed E-state index contributed by atoms with van der Waals surface area (Å²) in [6.07, 6.45) is 0. The number of hydrogen-bond donors (Lipinski definition) is 1. The molecule has 0 aliphatic rings. The van der Waals surface area contributed by atoms with Crippen LogP contribution in [0, 0.1) is 13.8 Å². The molecule has 0 bridgehead atoms. The highest BCUT2D eigenvalue weighted by atomic mass is 32.1. The predicted molar refractivity (Wildman–Crippen MR) is 79.7 cm³/mol. The van der Waals surface area contributed by atoms with Crippen molar-refractivity contribution in [1.82, 2.24) is 9.36 Å². The summed E-state index contributed by atoms with van der Waals surface area (Å²) in [7, 11) is 0. The number of aromatic nitrogens is 2. The SMILES string of the molecule is Cc1cc(CNc2nc(C(C)(C)C)ns2)sc1C. The van der Waals surface area contributed by atoms with Crippen LogP contribution in [0.2, 0.25) is 0 Å². The molecule has 5 heteroatoms. The number of nitrogens with one attached hydrogen (secondary N) is 1. The van der Waals surface area contributed by atoms with Gasteiger partial charge in [-0.15, -0.1) is 11.3 Å². The van der Waals surface area contributed by atoms with Crippen LogP contribution in [0.3, 0.4) is 0 Å². The zero-order chi connectivity index (χ0) is 13.3. The van der Waals surface area contributed by atoms with Crippen molar-refractivity contribution in [2.75, 3.05) is 5.32 Å². The molecule has 0 radical (unpaired) electrons. The normalized spacial score (nSPS) is 11.8. The number of hydrogen-bond acceptors (Lipinski definition) is 5. The number of nitrogens with zero attached hydrogens (tertiary/aromatic N) is 2. The second-order valence-electron chi connectivity index (χ2n) is 5.48. The van der Waals surface area contributed by atoms with Gasteiger partial charge in [-0.05, 0) is 25.5 Å². The lowest BCUT2D eigenvalue weighted by molar-refractivity contribution is 0.555. The molecule has 0 aliphatic heterocycles. The third-order valence-electron chi connectivity index (χ3n) is 2.73. The van der Waals surface area contributed by atoms with Gasteiger partial charge in [-0.1, -0.05) is 20.8 Å². The van der Waals surface area contributed by atoms with Gasteiger partial charge in [-0.2, -0.15) is 4.37 Å². The minimum atomic E-state index is 0.0204. The summed E-state index contributed by atoms with van der Waals surface area (Å²) < 4.78 is 4.39. The Balaban J connectivity index is 2.00. The quantitative estimate of drug-likeness (QED) is 0.919. The van der Waals surface area contributed by atoms with Crippen molar-refractivity contribution in [3.63, 3.8) is 0 Å². The fraction of sp³-hybridized carbons (Fsp3) is 0.538. The molecule has 3 nitrogen and oxygen atoms in total. The Morgan fingerprint density at radius 3 is 2.50 bits per heavy atom. The number of anilines is 1. The van der Waals surface area contributed by atoms with Crippen molar-refractivity contribution >= 4 is 28.0 Å². The molecule has 2 heterocycles. The highest BCUT2D eigenvalue weighted by Crippen LogP contribution is 2.25. The van der Waals surface area contributed by atoms with E-state index in [-0.39, 0.29) is 5.41 Å². The first kappa shape index (κ1) is 13.5. The standard InChI is InChI=1S/C13H19N3S2/c1-8-6-10(17-9(8)2)7-14-12-15-11(16-18-12)13(3,4)5/h6H,7H2,1-5H3,(H,14,15,16). The second kappa shape index (κ2) is 4.97. The summed E-state index contributed by atoms with van der Waals surface area (Å²) in [5.41, 5.74) is 1.39. The largest absolute Gasteiger partial charge is 0.355 e. The lowest BCUT2D eigenvalue weighted by Crippen LogP contribution is -2.13. The van der Waals surface area contributed by atoms with Crippen molar-refractivity contribution in [2.24, 2.45) is 0 Å². The van der Waals surface area contributed by atoms with Gasteiger partial charge in [0.2, 0.25) is 5.13 Å². The average molecular weight is 281 g/mol. The molecule has 0 aromatic carbocycles. The van der Waals surface area contributed by atoms with E-state index in [1.165, 1.54) is 26.9 Å². The van der Waals surface area contributed by atoms with Crippen LogP contribution >= 0.6 is 22.9 Å². The van der Waals surface area contributed by atoms with Gasteiger partial charge in [0.15, 0.2) is 0 Å². The van der Waals surface area contributed by atoms with Crippen molar-refractivity contribution in [2.45, 2.75) is 46.6 Å². The zero-order valence-corrected chi connectivity index (χ0v) is 13.1. The van der Waals surface area contributed by atoms with Gasteiger partial charge < -0.3 is 5.32 Å². The van der Waals surface area contributed by atoms with E-state index in [9.17, 15) is 0 Å². The van der Waals surface area contributed by atoms with Crippen LogP contribution in [-0.4, -0.2) is 9.36 Å². The van der Waals surface area contributed by atoms with Gasteiger partial charge in [0, 0.05) is 26.7 Å². The van der Waals surface area contributed by atoms with E-state index < -0.39 is 0 Å². The molecule has 98 valence electrons. The monoisotopic (exact) mass is 281 g/mol. The first-order valence-electron chi connectivity index (χ1n) is 6.00. The Bertz CT molecular complexity index is 515. The van der Waals surface area contributed by atoms with Gasteiger partial charge in [0.1, 0.15) is 5.82 Å². The minimum Gasteiger partial charge on any atom is -0.355 e. The molecular formula is C13H19N3S2. The van der Waals surface area contributed by atoms with Crippen LogP contribution < -0.4 is 5.32 Å². The van der Waals surface area contributed by atoms with Gasteiger partial charge in [-0.25, -0.2) is 4.98 Å². The highest BCUT2D eigenvalue weighted by Gasteiger charge is 2.19. The molecule has 0 fully saturated rings. The fourth-order valence-electron chi connectivity index (χ4n) is 1.50. The Morgan fingerprint density at radius 1 is 1.28 bits per heavy atom. The van der Waals surface area contributed by atoms with Gasteiger partial charge in [0.05, 0.1) is 6.54 Å². The van der Waals surface area contributed by atoms with Crippen LogP contribution in [0.15, 0.2) is 6.07 Å². The van der Waals surface area contributed by atoms with Gasteiger partial charge >= 0.3 is 0 Å². The van der Waals surface area contributed by atoms with E-state index in [0.717, 1.165) is 17.5 Å². The molecule has 0 aliphatic carbocycles. The van der Waals surface area contributed by atoms with Crippen LogP contribution in [0.25, 0.3) is 0 Å². The fourth-order valence-corrected chi connectivity index (χ4v) is 3.24. The van der Waals surface area contributed by atoms with Crippen LogP contribution in [0.4, 0.5) is 5.13 Å². The lowest BCUT2D eigenvalue weighted by atomic mass is 9.96.